The van der Waals surface area contributed by atoms with Crippen molar-refractivity contribution < 1.29 is 18.8 Å². The topological polar surface area (TPSA) is 99.3 Å². The third-order valence-electron chi connectivity index (χ3n) is 4.10. The number of carbonyl (C=O) groups excluding carboxylic acids is 3. The normalized spacial score (nSPS) is 10.4. The van der Waals surface area contributed by atoms with E-state index < -0.39 is 11.8 Å². The minimum Gasteiger partial charge on any atom is -0.326 e. The summed E-state index contributed by atoms with van der Waals surface area (Å²) in [5.41, 5.74) is 8.01. The summed E-state index contributed by atoms with van der Waals surface area (Å²) in [4.78, 5) is 35.7. The van der Waals surface area contributed by atoms with Gasteiger partial charge >= 0.3 is 0 Å². The van der Waals surface area contributed by atoms with Gasteiger partial charge in [-0.3, -0.25) is 30.6 Å². The molecule has 0 saturated carbocycles. The van der Waals surface area contributed by atoms with Crippen LogP contribution in [0.25, 0.3) is 6.08 Å². The lowest BCUT2D eigenvalue weighted by atomic mass is 10.1. The van der Waals surface area contributed by atoms with Gasteiger partial charge in [-0.05, 0) is 67.0 Å². The summed E-state index contributed by atoms with van der Waals surface area (Å²) < 4.78 is 12.8. The Balaban J connectivity index is 1.68. The van der Waals surface area contributed by atoms with Crippen LogP contribution in [0.4, 0.5) is 10.1 Å². The van der Waals surface area contributed by atoms with Crippen LogP contribution < -0.4 is 21.5 Å². The lowest BCUT2D eigenvalue weighted by Crippen LogP contribution is -2.48. The molecule has 0 unspecified atom stereocenters. The molecule has 0 aliphatic heterocycles. The third-order valence-corrected chi connectivity index (χ3v) is 4.30. The number of benzene rings is 2. The van der Waals surface area contributed by atoms with E-state index >= 15 is 0 Å². The molecule has 3 amide bonds. The van der Waals surface area contributed by atoms with Crippen LogP contribution in [0.2, 0.25) is 0 Å². The maximum Gasteiger partial charge on any atom is 0.250 e. The van der Waals surface area contributed by atoms with Gasteiger partial charge in [0.15, 0.2) is 5.11 Å². The zero-order chi connectivity index (χ0) is 22.8. The van der Waals surface area contributed by atoms with Gasteiger partial charge in [0.2, 0.25) is 17.7 Å². The molecule has 162 valence electrons. The lowest BCUT2D eigenvalue weighted by Gasteiger charge is -2.11. The fourth-order valence-electron chi connectivity index (χ4n) is 2.43. The summed E-state index contributed by atoms with van der Waals surface area (Å²) in [5, 5.41) is 5.02. The van der Waals surface area contributed by atoms with Crippen LogP contribution in [0.1, 0.15) is 29.5 Å². The van der Waals surface area contributed by atoms with Crippen LogP contribution in [0.3, 0.4) is 0 Å². The van der Waals surface area contributed by atoms with Crippen LogP contribution in [0.5, 0.6) is 0 Å². The van der Waals surface area contributed by atoms with Gasteiger partial charge in [0.05, 0.1) is 0 Å². The molecule has 0 aliphatic rings. The highest BCUT2D eigenvalue weighted by Crippen LogP contribution is 2.16. The molecule has 2 aromatic carbocycles. The zero-order valence-corrected chi connectivity index (χ0v) is 17.9. The summed E-state index contributed by atoms with van der Waals surface area (Å²) >= 11 is 4.93. The summed E-state index contributed by atoms with van der Waals surface area (Å²) in [6.45, 7) is 3.81. The number of carbonyl (C=O) groups is 3. The molecule has 9 heteroatoms. The maximum absolute atomic E-state index is 12.8. The summed E-state index contributed by atoms with van der Waals surface area (Å²) in [6, 6.07) is 11.3. The number of anilines is 1. The van der Waals surface area contributed by atoms with Crippen LogP contribution in [-0.4, -0.2) is 22.8 Å². The quantitative estimate of drug-likeness (QED) is 0.313. The number of hydrogen-bond acceptors (Lipinski definition) is 4. The van der Waals surface area contributed by atoms with Crippen molar-refractivity contribution in [3.8, 4) is 0 Å². The average molecular weight is 443 g/mol. The highest BCUT2D eigenvalue weighted by molar-refractivity contribution is 7.80. The van der Waals surface area contributed by atoms with Crippen molar-refractivity contribution in [1.29, 1.82) is 0 Å². The standard InChI is InChI=1S/C22H23FN4O3S/c1-14-3-4-15(2)18(13-14)24-19(28)11-12-21(30)26-27-22(31)25-20(29)10-7-16-5-8-17(23)9-6-16/h3-10,13H,11-12H2,1-2H3,(H,24,28)(H,26,30)(H2,25,27,29,31). The fourth-order valence-corrected chi connectivity index (χ4v) is 2.58. The summed E-state index contributed by atoms with van der Waals surface area (Å²) in [7, 11) is 0. The first-order valence-corrected chi connectivity index (χ1v) is 9.84. The van der Waals surface area contributed by atoms with Gasteiger partial charge in [-0.1, -0.05) is 24.3 Å². The number of rotatable bonds is 6. The number of aryl methyl sites for hydroxylation is 2. The van der Waals surface area contributed by atoms with Gasteiger partial charge < -0.3 is 5.32 Å². The van der Waals surface area contributed by atoms with Crippen LogP contribution in [0.15, 0.2) is 48.5 Å². The second-order valence-electron chi connectivity index (χ2n) is 6.74. The minimum atomic E-state index is -0.524. The Labute approximate surface area is 185 Å². The molecule has 0 saturated heterocycles. The van der Waals surface area contributed by atoms with Crippen LogP contribution in [0, 0.1) is 19.7 Å². The number of halogens is 1. The zero-order valence-electron chi connectivity index (χ0n) is 17.1. The third kappa shape index (κ3) is 8.75. The van der Waals surface area contributed by atoms with Crippen molar-refractivity contribution in [3.05, 3.63) is 71.0 Å². The summed E-state index contributed by atoms with van der Waals surface area (Å²) in [6.07, 6.45) is 2.64. The largest absolute Gasteiger partial charge is 0.326 e. The molecule has 0 heterocycles. The Bertz CT molecular complexity index is 1010. The Morgan fingerprint density at radius 1 is 0.968 bits per heavy atom. The molecule has 0 radical (unpaired) electrons. The van der Waals surface area contributed by atoms with Gasteiger partial charge in [0, 0.05) is 24.6 Å². The molecule has 2 aromatic rings. The Morgan fingerprint density at radius 3 is 2.35 bits per heavy atom. The second kappa shape index (κ2) is 11.6. The Morgan fingerprint density at radius 2 is 1.65 bits per heavy atom. The fraction of sp³-hybridized carbons (Fsp3) is 0.182. The van der Waals surface area contributed by atoms with Crippen molar-refractivity contribution >= 4 is 46.8 Å². The first-order valence-electron chi connectivity index (χ1n) is 9.43. The lowest BCUT2D eigenvalue weighted by molar-refractivity contribution is -0.124. The minimum absolute atomic E-state index is 0.0135. The van der Waals surface area contributed by atoms with E-state index in [1.165, 1.54) is 36.4 Å². The first-order chi connectivity index (χ1) is 14.7. The summed E-state index contributed by atoms with van der Waals surface area (Å²) in [5.74, 6) is -1.64. The Kier molecular flexibility index (Phi) is 8.83. The van der Waals surface area contributed by atoms with Crippen molar-refractivity contribution in [3.63, 3.8) is 0 Å². The molecule has 0 atom stereocenters. The van der Waals surface area contributed by atoms with Gasteiger partial charge in [-0.25, -0.2) is 4.39 Å². The number of nitrogens with one attached hydrogen (secondary N) is 4. The SMILES string of the molecule is Cc1ccc(C)c(NC(=O)CCC(=O)NNC(=S)NC(=O)C=Cc2ccc(F)cc2)c1. The molecule has 0 fully saturated rings. The first kappa shape index (κ1) is 23.7. The highest BCUT2D eigenvalue weighted by Gasteiger charge is 2.09. The molecule has 2 rings (SSSR count). The molecule has 0 spiro atoms. The molecule has 31 heavy (non-hydrogen) atoms. The average Bonchev–Trinajstić information content (AvgIpc) is 2.73. The van der Waals surface area contributed by atoms with Gasteiger partial charge in [-0.2, -0.15) is 0 Å². The van der Waals surface area contributed by atoms with E-state index in [0.717, 1.165) is 11.1 Å². The smallest absolute Gasteiger partial charge is 0.250 e. The number of hydrogen-bond donors (Lipinski definition) is 4. The van der Waals surface area contributed by atoms with E-state index in [4.69, 9.17) is 12.2 Å². The van der Waals surface area contributed by atoms with E-state index in [2.05, 4.69) is 21.5 Å². The molecule has 4 N–H and O–H groups in total. The maximum atomic E-state index is 12.8. The van der Waals surface area contributed by atoms with Crippen molar-refractivity contribution in [1.82, 2.24) is 16.2 Å². The predicted molar refractivity (Wildman–Crippen MR) is 121 cm³/mol. The van der Waals surface area contributed by atoms with Crippen LogP contribution in [-0.2, 0) is 14.4 Å². The van der Waals surface area contributed by atoms with Gasteiger partial charge in [0.25, 0.3) is 0 Å². The second-order valence-corrected chi connectivity index (χ2v) is 7.15. The van der Waals surface area contributed by atoms with E-state index in [1.807, 2.05) is 32.0 Å². The van der Waals surface area contributed by atoms with Gasteiger partial charge in [-0.15, -0.1) is 0 Å². The van der Waals surface area contributed by atoms with Crippen LogP contribution >= 0.6 is 12.2 Å². The van der Waals surface area contributed by atoms with E-state index in [0.29, 0.717) is 11.3 Å². The van der Waals surface area contributed by atoms with E-state index in [9.17, 15) is 18.8 Å². The molecular weight excluding hydrogens is 419 g/mol. The Hall–Kier alpha value is -3.59. The number of amides is 3. The molecule has 0 aromatic heterocycles. The molecule has 0 aliphatic carbocycles. The van der Waals surface area contributed by atoms with Crippen molar-refractivity contribution in [2.45, 2.75) is 26.7 Å². The van der Waals surface area contributed by atoms with Gasteiger partial charge in [0.1, 0.15) is 5.82 Å². The monoisotopic (exact) mass is 442 g/mol. The molecule has 7 nitrogen and oxygen atoms in total. The molecular formula is C22H23FN4O3S. The predicted octanol–water partition coefficient (Wildman–Crippen LogP) is 2.90. The van der Waals surface area contributed by atoms with Crippen molar-refractivity contribution in [2.24, 2.45) is 0 Å². The number of thiocarbonyl (C=S) groups is 1. The number of hydrazine groups is 1. The van der Waals surface area contributed by atoms with E-state index in [1.54, 1.807) is 0 Å². The molecule has 0 bridgehead atoms. The highest BCUT2D eigenvalue weighted by atomic mass is 32.1. The van der Waals surface area contributed by atoms with Crippen molar-refractivity contribution in [2.75, 3.05) is 5.32 Å². The van der Waals surface area contributed by atoms with E-state index in [-0.39, 0.29) is 29.7 Å².